The summed E-state index contributed by atoms with van der Waals surface area (Å²) in [5.74, 6) is -0.981. The molecule has 0 radical (unpaired) electrons. The first-order valence-corrected chi connectivity index (χ1v) is 12.6. The minimum atomic E-state index is -0.605. The van der Waals surface area contributed by atoms with E-state index in [0.717, 1.165) is 5.56 Å². The third-order valence-electron chi connectivity index (χ3n) is 6.33. The Morgan fingerprint density at radius 1 is 1.08 bits per heavy atom. The highest BCUT2D eigenvalue weighted by molar-refractivity contribution is 6.37. The van der Waals surface area contributed by atoms with Crippen LogP contribution in [0.3, 0.4) is 0 Å². The van der Waals surface area contributed by atoms with E-state index in [-0.39, 0.29) is 34.2 Å². The predicted molar refractivity (Wildman–Crippen MR) is 147 cm³/mol. The van der Waals surface area contributed by atoms with Crippen LogP contribution in [-0.4, -0.2) is 30.8 Å². The number of halogens is 2. The smallest absolute Gasteiger partial charge is 0.260 e. The summed E-state index contributed by atoms with van der Waals surface area (Å²) in [7, 11) is 0. The van der Waals surface area contributed by atoms with E-state index in [4.69, 9.17) is 28.9 Å². The van der Waals surface area contributed by atoms with Crippen LogP contribution < -0.4 is 21.3 Å². The Balaban J connectivity index is 1.79. The molecule has 1 heterocycles. The van der Waals surface area contributed by atoms with Gasteiger partial charge in [0, 0.05) is 17.1 Å². The average molecular weight is 539 g/mol. The topological polar surface area (TPSA) is 105 Å². The first-order valence-electron chi connectivity index (χ1n) is 11.9. The van der Waals surface area contributed by atoms with Crippen LogP contribution >= 0.6 is 23.2 Å². The zero-order chi connectivity index (χ0) is 26.7. The fourth-order valence-electron chi connectivity index (χ4n) is 4.10. The Morgan fingerprint density at radius 2 is 1.81 bits per heavy atom. The van der Waals surface area contributed by atoms with E-state index in [1.165, 1.54) is 6.07 Å². The lowest BCUT2D eigenvalue weighted by molar-refractivity contribution is -0.116. The highest BCUT2D eigenvalue weighted by Gasteiger charge is 2.35. The quantitative estimate of drug-likeness (QED) is 0.388. The van der Waals surface area contributed by atoms with Gasteiger partial charge in [0.1, 0.15) is 0 Å². The number of nitrogens with two attached hydrogens (primary N) is 1. The van der Waals surface area contributed by atoms with Crippen molar-refractivity contribution in [1.82, 2.24) is 5.32 Å². The lowest BCUT2D eigenvalue weighted by Crippen LogP contribution is -2.38. The average Bonchev–Trinajstić information content (AvgIpc) is 3.02. The maximum absolute atomic E-state index is 14.0. The summed E-state index contributed by atoms with van der Waals surface area (Å²) < 4.78 is 0. The number of rotatable bonds is 6. The molecule has 3 amide bonds. The third-order valence-corrected chi connectivity index (χ3v) is 6.88. The first kappa shape index (κ1) is 26.7. The number of anilines is 2. The van der Waals surface area contributed by atoms with Crippen molar-refractivity contribution in [2.75, 3.05) is 23.3 Å². The highest BCUT2D eigenvalue weighted by atomic mass is 35.5. The molecule has 0 aromatic heterocycles. The molecule has 0 saturated carbocycles. The van der Waals surface area contributed by atoms with E-state index in [0.29, 0.717) is 35.1 Å². The van der Waals surface area contributed by atoms with Gasteiger partial charge in [0.25, 0.3) is 11.8 Å². The number of fused-ring (bicyclic) bond motifs is 1. The van der Waals surface area contributed by atoms with E-state index in [1.807, 2.05) is 44.2 Å². The lowest BCUT2D eigenvalue weighted by Gasteiger charge is -2.31. The summed E-state index contributed by atoms with van der Waals surface area (Å²) >= 11 is 12.5. The lowest BCUT2D eigenvalue weighted by atomic mass is 9.94. The summed E-state index contributed by atoms with van der Waals surface area (Å²) in [4.78, 5) is 41.4. The minimum Gasteiger partial charge on any atom is -0.351 e. The van der Waals surface area contributed by atoms with Crippen LogP contribution in [0.2, 0.25) is 10.0 Å². The number of benzene rings is 3. The van der Waals surface area contributed by atoms with Crippen molar-refractivity contribution in [3.63, 3.8) is 0 Å². The number of nitrogens with one attached hydrogen (secondary N) is 2. The Bertz CT molecular complexity index is 1340. The van der Waals surface area contributed by atoms with Gasteiger partial charge in [-0.05, 0) is 53.9 Å². The number of hydrogen-bond acceptors (Lipinski definition) is 4. The Labute approximate surface area is 225 Å². The predicted octanol–water partition coefficient (Wildman–Crippen LogP) is 5.44. The van der Waals surface area contributed by atoms with Crippen molar-refractivity contribution in [3.05, 3.63) is 93.5 Å². The van der Waals surface area contributed by atoms with Gasteiger partial charge in [0.15, 0.2) is 0 Å². The normalized spacial score (nSPS) is 15.4. The Hall–Kier alpha value is -3.39. The molecule has 0 fully saturated rings. The second kappa shape index (κ2) is 10.9. The number of carbonyl (C=O) groups is 3. The van der Waals surface area contributed by atoms with E-state index in [1.54, 1.807) is 35.2 Å². The summed E-state index contributed by atoms with van der Waals surface area (Å²) in [6, 6.07) is 18.3. The van der Waals surface area contributed by atoms with Crippen LogP contribution in [0.25, 0.3) is 0 Å². The SMILES string of the molecule is CC(C)(CN)CNC(=O)c1ccc2c(c1)NC(=O)CC(c1ccccc1)N2C(=O)c1ccc(Cl)cc1Cl. The number of amides is 3. The van der Waals surface area contributed by atoms with Crippen LogP contribution in [0.5, 0.6) is 0 Å². The standard InChI is InChI=1S/C28H28Cl2N4O3/c1-28(2,15-31)16-32-26(36)18-8-11-23-22(12-18)33-25(35)14-24(17-6-4-3-5-7-17)34(23)27(37)20-10-9-19(29)13-21(20)30/h3-13,24H,14-16,31H2,1-2H3,(H,32,36)(H,33,35). The minimum absolute atomic E-state index is 0.0157. The van der Waals surface area contributed by atoms with Crippen LogP contribution in [0.1, 0.15) is 52.6 Å². The van der Waals surface area contributed by atoms with Crippen LogP contribution in [-0.2, 0) is 4.79 Å². The molecule has 7 nitrogen and oxygen atoms in total. The van der Waals surface area contributed by atoms with Crippen molar-refractivity contribution >= 4 is 52.3 Å². The zero-order valence-electron chi connectivity index (χ0n) is 20.6. The van der Waals surface area contributed by atoms with Crippen molar-refractivity contribution in [3.8, 4) is 0 Å². The van der Waals surface area contributed by atoms with E-state index in [2.05, 4.69) is 10.6 Å². The third kappa shape index (κ3) is 5.96. The van der Waals surface area contributed by atoms with Crippen LogP contribution in [0.4, 0.5) is 11.4 Å². The van der Waals surface area contributed by atoms with Gasteiger partial charge in [-0.15, -0.1) is 0 Å². The molecule has 0 bridgehead atoms. The van der Waals surface area contributed by atoms with Gasteiger partial charge in [0.05, 0.1) is 34.4 Å². The number of hydrogen-bond donors (Lipinski definition) is 3. The maximum Gasteiger partial charge on any atom is 0.260 e. The summed E-state index contributed by atoms with van der Waals surface area (Å²) in [6.45, 7) is 4.72. The monoisotopic (exact) mass is 538 g/mol. The molecule has 0 saturated heterocycles. The highest BCUT2D eigenvalue weighted by Crippen LogP contribution is 2.40. The molecule has 1 aliphatic rings. The van der Waals surface area contributed by atoms with Gasteiger partial charge in [0.2, 0.25) is 5.91 Å². The molecule has 4 N–H and O–H groups in total. The Morgan fingerprint density at radius 3 is 2.49 bits per heavy atom. The van der Waals surface area contributed by atoms with Crippen molar-refractivity contribution < 1.29 is 14.4 Å². The second-order valence-electron chi connectivity index (χ2n) is 9.76. The molecular weight excluding hydrogens is 511 g/mol. The molecule has 3 aromatic rings. The number of nitrogens with zero attached hydrogens (tertiary/aromatic N) is 1. The molecule has 9 heteroatoms. The van der Waals surface area contributed by atoms with E-state index < -0.39 is 11.9 Å². The van der Waals surface area contributed by atoms with Gasteiger partial charge in [-0.1, -0.05) is 67.4 Å². The molecule has 3 aromatic carbocycles. The van der Waals surface area contributed by atoms with Gasteiger partial charge in [-0.2, -0.15) is 0 Å². The largest absolute Gasteiger partial charge is 0.351 e. The fraction of sp³-hybridized carbons (Fsp3) is 0.250. The molecule has 0 aliphatic carbocycles. The van der Waals surface area contributed by atoms with Crippen molar-refractivity contribution in [2.24, 2.45) is 11.1 Å². The number of carbonyl (C=O) groups excluding carboxylic acids is 3. The molecular formula is C28H28Cl2N4O3. The van der Waals surface area contributed by atoms with Gasteiger partial charge in [-0.25, -0.2) is 0 Å². The molecule has 0 spiro atoms. The van der Waals surface area contributed by atoms with E-state index in [9.17, 15) is 14.4 Å². The molecule has 4 rings (SSSR count). The molecule has 1 aliphatic heterocycles. The van der Waals surface area contributed by atoms with E-state index >= 15 is 0 Å². The van der Waals surface area contributed by atoms with Crippen LogP contribution in [0.15, 0.2) is 66.7 Å². The van der Waals surface area contributed by atoms with Gasteiger partial charge in [-0.3, -0.25) is 19.3 Å². The van der Waals surface area contributed by atoms with Gasteiger partial charge < -0.3 is 16.4 Å². The molecule has 1 atom stereocenters. The summed E-state index contributed by atoms with van der Waals surface area (Å²) in [6.07, 6.45) is 0.0157. The summed E-state index contributed by atoms with van der Waals surface area (Å²) in [5.41, 5.74) is 7.70. The second-order valence-corrected chi connectivity index (χ2v) is 10.6. The van der Waals surface area contributed by atoms with Crippen molar-refractivity contribution in [1.29, 1.82) is 0 Å². The summed E-state index contributed by atoms with van der Waals surface area (Å²) in [5, 5.41) is 6.37. The van der Waals surface area contributed by atoms with Gasteiger partial charge >= 0.3 is 0 Å². The maximum atomic E-state index is 14.0. The Kier molecular flexibility index (Phi) is 7.87. The fourth-order valence-corrected chi connectivity index (χ4v) is 4.59. The molecule has 192 valence electrons. The molecule has 1 unspecified atom stereocenters. The zero-order valence-corrected chi connectivity index (χ0v) is 22.1. The first-order chi connectivity index (χ1) is 17.6. The molecule has 37 heavy (non-hydrogen) atoms. The van der Waals surface area contributed by atoms with Crippen LogP contribution in [0, 0.1) is 5.41 Å². The van der Waals surface area contributed by atoms with Crippen molar-refractivity contribution in [2.45, 2.75) is 26.3 Å².